The zero-order valence-corrected chi connectivity index (χ0v) is 25.4. The second-order valence-corrected chi connectivity index (χ2v) is 11.8. The van der Waals surface area contributed by atoms with Crippen LogP contribution in [-0.4, -0.2) is 63.2 Å². The van der Waals surface area contributed by atoms with E-state index in [4.69, 9.17) is 24.3 Å². The number of carbonyl (C=O) groups is 1. The number of benzene rings is 1. The molecule has 0 saturated carbocycles. The van der Waals surface area contributed by atoms with Gasteiger partial charge in [-0.2, -0.15) is 4.52 Å². The number of rotatable bonds is 13. The highest BCUT2D eigenvalue weighted by Crippen LogP contribution is 2.38. The predicted octanol–water partition coefficient (Wildman–Crippen LogP) is 5.72. The van der Waals surface area contributed by atoms with Crippen molar-refractivity contribution in [3.05, 3.63) is 72.5 Å². The van der Waals surface area contributed by atoms with E-state index in [-0.39, 0.29) is 5.60 Å². The zero-order chi connectivity index (χ0) is 30.5. The molecule has 42 heavy (non-hydrogen) atoms. The summed E-state index contributed by atoms with van der Waals surface area (Å²) >= 11 is 0. The van der Waals surface area contributed by atoms with E-state index >= 15 is 0 Å². The highest BCUT2D eigenvalue weighted by atomic mass is 16.5. The summed E-state index contributed by atoms with van der Waals surface area (Å²) in [6, 6.07) is 9.67. The van der Waals surface area contributed by atoms with Gasteiger partial charge in [0.2, 0.25) is 0 Å². The summed E-state index contributed by atoms with van der Waals surface area (Å²) in [5.41, 5.74) is 1.68. The number of carboxylic acids is 1. The van der Waals surface area contributed by atoms with Crippen LogP contribution in [0.1, 0.15) is 63.5 Å². The molecule has 3 aromatic rings. The smallest absolute Gasteiger partial charge is 0.337 e. The Morgan fingerprint density at radius 2 is 1.88 bits per heavy atom. The minimum absolute atomic E-state index is 0.294. The Hall–Kier alpha value is -3.89. The SMILES string of the molecule is C=CCOc1ccccc1CNc1cc2nc(C)c(C(OC(C)(C)C)C(=O)O)c(N3CCC(C)(OCC=C)CC3)n2n1. The Morgan fingerprint density at radius 1 is 1.19 bits per heavy atom. The first-order valence-electron chi connectivity index (χ1n) is 14.3. The number of fused-ring (bicyclic) bond motifs is 1. The minimum atomic E-state index is -1.23. The van der Waals surface area contributed by atoms with Crippen molar-refractivity contribution in [2.24, 2.45) is 0 Å². The summed E-state index contributed by atoms with van der Waals surface area (Å²) in [5.74, 6) is 0.971. The topological polar surface area (TPSA) is 110 Å². The lowest BCUT2D eigenvalue weighted by atomic mass is 9.92. The zero-order valence-electron chi connectivity index (χ0n) is 25.4. The molecule has 1 aromatic carbocycles. The number of aromatic nitrogens is 3. The minimum Gasteiger partial charge on any atom is -0.489 e. The van der Waals surface area contributed by atoms with Gasteiger partial charge < -0.3 is 29.5 Å². The van der Waals surface area contributed by atoms with Crippen LogP contribution in [0.3, 0.4) is 0 Å². The normalized spacial score (nSPS) is 15.8. The van der Waals surface area contributed by atoms with Gasteiger partial charge in [-0.25, -0.2) is 9.78 Å². The van der Waals surface area contributed by atoms with Crippen LogP contribution in [0.4, 0.5) is 11.6 Å². The highest BCUT2D eigenvalue weighted by Gasteiger charge is 2.37. The molecule has 3 heterocycles. The Morgan fingerprint density at radius 3 is 2.52 bits per heavy atom. The average Bonchev–Trinajstić information content (AvgIpc) is 3.35. The number of nitrogens with one attached hydrogen (secondary N) is 1. The molecular formula is C32H43N5O5. The molecule has 226 valence electrons. The standard InChI is InChI=1S/C32H43N5O5/c1-8-18-40-24-13-11-10-12-23(24)21-33-25-20-26-34-22(3)27(28(30(38)39)42-31(4,5)6)29(37(26)35-25)36-16-14-32(7,15-17-36)41-19-9-2/h8-13,20,28H,1-2,14-19,21H2,3-7H3,(H,33,35)(H,38,39). The first-order chi connectivity index (χ1) is 19.9. The van der Waals surface area contributed by atoms with E-state index in [1.807, 2.05) is 58.0 Å². The van der Waals surface area contributed by atoms with Gasteiger partial charge in [-0.1, -0.05) is 36.9 Å². The van der Waals surface area contributed by atoms with Crippen LogP contribution in [-0.2, 0) is 20.8 Å². The number of carboxylic acid groups (broad SMARTS) is 1. The van der Waals surface area contributed by atoms with Gasteiger partial charge in [-0.05, 0) is 53.5 Å². The molecule has 10 heteroatoms. The molecule has 1 unspecified atom stereocenters. The molecule has 1 atom stereocenters. The number of anilines is 2. The maximum atomic E-state index is 12.6. The lowest BCUT2D eigenvalue weighted by molar-refractivity contribution is -0.160. The van der Waals surface area contributed by atoms with E-state index in [1.165, 1.54) is 0 Å². The Labute approximate surface area is 248 Å². The van der Waals surface area contributed by atoms with E-state index in [0.717, 1.165) is 24.2 Å². The number of ether oxygens (including phenoxy) is 3. The van der Waals surface area contributed by atoms with Crippen LogP contribution < -0.4 is 15.0 Å². The van der Waals surface area contributed by atoms with E-state index < -0.39 is 17.7 Å². The van der Waals surface area contributed by atoms with Crippen LogP contribution in [0.2, 0.25) is 0 Å². The van der Waals surface area contributed by atoms with Crippen molar-refractivity contribution in [2.45, 2.75) is 71.3 Å². The highest BCUT2D eigenvalue weighted by molar-refractivity contribution is 5.78. The lowest BCUT2D eigenvalue weighted by Crippen LogP contribution is -2.45. The molecule has 4 rings (SSSR count). The third-order valence-corrected chi connectivity index (χ3v) is 7.22. The molecule has 1 aliphatic rings. The van der Waals surface area contributed by atoms with Crippen molar-refractivity contribution in [2.75, 3.05) is 36.5 Å². The van der Waals surface area contributed by atoms with Gasteiger partial charge in [0, 0.05) is 37.0 Å². The predicted molar refractivity (Wildman–Crippen MR) is 164 cm³/mol. The summed E-state index contributed by atoms with van der Waals surface area (Å²) in [6.45, 7) is 19.7. The van der Waals surface area contributed by atoms with Gasteiger partial charge in [0.25, 0.3) is 0 Å². The molecule has 0 amide bonds. The second-order valence-electron chi connectivity index (χ2n) is 11.8. The fraction of sp³-hybridized carbons (Fsp3) is 0.469. The van der Waals surface area contributed by atoms with E-state index in [0.29, 0.717) is 61.4 Å². The van der Waals surface area contributed by atoms with Gasteiger partial charge in [-0.15, -0.1) is 11.7 Å². The molecule has 2 N–H and O–H groups in total. The molecule has 10 nitrogen and oxygen atoms in total. The summed E-state index contributed by atoms with van der Waals surface area (Å²) in [7, 11) is 0. The van der Waals surface area contributed by atoms with Crippen molar-refractivity contribution >= 4 is 23.3 Å². The monoisotopic (exact) mass is 577 g/mol. The Bertz CT molecular complexity index is 1420. The molecule has 1 aliphatic heterocycles. The van der Waals surface area contributed by atoms with E-state index in [9.17, 15) is 9.90 Å². The third-order valence-electron chi connectivity index (χ3n) is 7.22. The quantitative estimate of drug-likeness (QED) is 0.247. The molecule has 1 fully saturated rings. The van der Waals surface area contributed by atoms with Crippen molar-refractivity contribution in [1.82, 2.24) is 14.6 Å². The number of nitrogens with zero attached hydrogens (tertiary/aromatic N) is 4. The molecular weight excluding hydrogens is 534 g/mol. The van der Waals surface area contributed by atoms with Gasteiger partial charge in [0.1, 0.15) is 18.2 Å². The summed E-state index contributed by atoms with van der Waals surface area (Å²) in [6.07, 6.45) is 3.76. The lowest BCUT2D eigenvalue weighted by Gasteiger charge is -2.41. The maximum absolute atomic E-state index is 12.6. The van der Waals surface area contributed by atoms with Gasteiger partial charge in [-0.3, -0.25) is 0 Å². The fourth-order valence-corrected chi connectivity index (χ4v) is 5.12. The van der Waals surface area contributed by atoms with Crippen LogP contribution in [0.15, 0.2) is 55.6 Å². The van der Waals surface area contributed by atoms with Crippen LogP contribution in [0, 0.1) is 6.92 Å². The average molecular weight is 578 g/mol. The molecule has 2 aromatic heterocycles. The number of hydrogen-bond donors (Lipinski definition) is 2. The van der Waals surface area contributed by atoms with Crippen molar-refractivity contribution in [3.63, 3.8) is 0 Å². The van der Waals surface area contributed by atoms with E-state index in [2.05, 4.69) is 30.3 Å². The molecule has 0 radical (unpaired) electrons. The van der Waals surface area contributed by atoms with Gasteiger partial charge in [0.15, 0.2) is 17.6 Å². The van der Waals surface area contributed by atoms with Crippen molar-refractivity contribution in [1.29, 1.82) is 0 Å². The van der Waals surface area contributed by atoms with Crippen molar-refractivity contribution in [3.8, 4) is 5.75 Å². The summed E-state index contributed by atoms with van der Waals surface area (Å²) in [5, 5.41) is 18.6. The number of piperidine rings is 1. The summed E-state index contributed by atoms with van der Waals surface area (Å²) < 4.78 is 19.7. The molecule has 1 saturated heterocycles. The first kappa shape index (κ1) is 31.1. The Kier molecular flexibility index (Phi) is 9.58. The fourth-order valence-electron chi connectivity index (χ4n) is 5.12. The van der Waals surface area contributed by atoms with Crippen LogP contribution in [0.25, 0.3) is 5.65 Å². The Balaban J connectivity index is 1.74. The van der Waals surface area contributed by atoms with E-state index in [1.54, 1.807) is 16.7 Å². The van der Waals surface area contributed by atoms with Gasteiger partial charge in [0.05, 0.1) is 23.4 Å². The maximum Gasteiger partial charge on any atom is 0.337 e. The van der Waals surface area contributed by atoms with Gasteiger partial charge >= 0.3 is 5.97 Å². The second kappa shape index (κ2) is 13.0. The number of hydrogen-bond acceptors (Lipinski definition) is 8. The first-order valence-corrected chi connectivity index (χ1v) is 14.3. The molecule has 0 bridgehead atoms. The summed E-state index contributed by atoms with van der Waals surface area (Å²) in [4.78, 5) is 19.6. The number of aliphatic carboxylic acids is 1. The third kappa shape index (κ3) is 7.30. The van der Waals surface area contributed by atoms with Crippen LogP contribution >= 0.6 is 0 Å². The van der Waals surface area contributed by atoms with Crippen molar-refractivity contribution < 1.29 is 24.1 Å². The number of aryl methyl sites for hydroxylation is 1. The molecule has 0 spiro atoms. The largest absolute Gasteiger partial charge is 0.489 e. The molecule has 0 aliphatic carbocycles. The van der Waals surface area contributed by atoms with Crippen LogP contribution in [0.5, 0.6) is 5.75 Å². The number of para-hydroxylation sites is 1.